The second kappa shape index (κ2) is 8.24. The fourth-order valence-electron chi connectivity index (χ4n) is 1.99. The molecule has 0 bridgehead atoms. The van der Waals surface area contributed by atoms with Crippen molar-refractivity contribution >= 4 is 26.0 Å². The average Bonchev–Trinajstić information content (AvgIpc) is 2.45. The summed E-state index contributed by atoms with van der Waals surface area (Å²) < 4.78 is 33.1. The van der Waals surface area contributed by atoms with Gasteiger partial charge in [-0.15, -0.1) is 0 Å². The first-order valence-corrected chi connectivity index (χ1v) is 9.18. The van der Waals surface area contributed by atoms with Crippen LogP contribution in [0.2, 0.25) is 0 Å². The van der Waals surface area contributed by atoms with E-state index in [0.717, 1.165) is 10.0 Å². The van der Waals surface area contributed by atoms with Crippen molar-refractivity contribution in [1.82, 2.24) is 4.31 Å². The molecule has 0 atom stereocenters. The molecule has 7 heteroatoms. The number of nitrogens with two attached hydrogens (primary N) is 1. The van der Waals surface area contributed by atoms with Crippen molar-refractivity contribution in [3.63, 3.8) is 0 Å². The molecule has 0 unspecified atom stereocenters. The molecule has 1 aromatic rings. The molecule has 0 spiro atoms. The quantitative estimate of drug-likeness (QED) is 0.704. The normalized spacial score (nSPS) is 12.1. The highest BCUT2D eigenvalue weighted by molar-refractivity contribution is 9.10. The lowest BCUT2D eigenvalue weighted by molar-refractivity contribution is 0.135. The maximum Gasteiger partial charge on any atom is 0.243 e. The van der Waals surface area contributed by atoms with Gasteiger partial charge >= 0.3 is 0 Å². The van der Waals surface area contributed by atoms with Crippen LogP contribution in [0.15, 0.2) is 21.5 Å². The van der Waals surface area contributed by atoms with E-state index >= 15 is 0 Å². The third-order valence-corrected chi connectivity index (χ3v) is 6.18. The van der Waals surface area contributed by atoms with Gasteiger partial charge in [0.25, 0.3) is 0 Å². The molecule has 21 heavy (non-hydrogen) atoms. The van der Waals surface area contributed by atoms with Crippen molar-refractivity contribution in [2.75, 3.05) is 26.3 Å². The van der Waals surface area contributed by atoms with E-state index in [9.17, 15) is 8.42 Å². The number of ether oxygens (including phenoxy) is 1. The highest BCUT2D eigenvalue weighted by atomic mass is 79.9. The highest BCUT2D eigenvalue weighted by Gasteiger charge is 2.26. The topological polar surface area (TPSA) is 72.6 Å². The Morgan fingerprint density at radius 1 is 1.33 bits per heavy atom. The Morgan fingerprint density at radius 2 is 2.00 bits per heavy atom. The SMILES string of the molecule is CCOCCN(CC)S(=O)(=O)c1cc(CN)cc(Br)c1C. The summed E-state index contributed by atoms with van der Waals surface area (Å²) in [4.78, 5) is 0.302. The zero-order chi connectivity index (χ0) is 16.0. The summed E-state index contributed by atoms with van der Waals surface area (Å²) in [6.45, 7) is 7.50. The van der Waals surface area contributed by atoms with Crippen molar-refractivity contribution < 1.29 is 13.2 Å². The molecular weight excluding hydrogens is 356 g/mol. The number of benzene rings is 1. The van der Waals surface area contributed by atoms with Gasteiger partial charge in [0.15, 0.2) is 0 Å². The minimum atomic E-state index is -3.55. The van der Waals surface area contributed by atoms with Gasteiger partial charge in [-0.3, -0.25) is 0 Å². The number of rotatable bonds is 8. The van der Waals surface area contributed by atoms with E-state index in [-0.39, 0.29) is 0 Å². The number of sulfonamides is 1. The largest absolute Gasteiger partial charge is 0.380 e. The molecule has 2 N–H and O–H groups in total. The average molecular weight is 379 g/mol. The van der Waals surface area contributed by atoms with E-state index in [2.05, 4.69) is 15.9 Å². The van der Waals surface area contributed by atoms with E-state index in [0.29, 0.717) is 43.3 Å². The lowest BCUT2D eigenvalue weighted by atomic mass is 10.1. The lowest BCUT2D eigenvalue weighted by Crippen LogP contribution is -2.34. The van der Waals surface area contributed by atoms with Gasteiger partial charge in [0.05, 0.1) is 11.5 Å². The molecule has 0 heterocycles. The van der Waals surface area contributed by atoms with Gasteiger partial charge in [-0.25, -0.2) is 8.42 Å². The summed E-state index contributed by atoms with van der Waals surface area (Å²) in [5, 5.41) is 0. The zero-order valence-electron chi connectivity index (χ0n) is 12.7. The smallest absolute Gasteiger partial charge is 0.243 e. The van der Waals surface area contributed by atoms with Crippen molar-refractivity contribution in [3.05, 3.63) is 27.7 Å². The maximum atomic E-state index is 12.8. The summed E-state index contributed by atoms with van der Waals surface area (Å²) in [5.41, 5.74) is 7.12. The molecule has 0 aliphatic carbocycles. The molecule has 0 fully saturated rings. The van der Waals surface area contributed by atoms with Crippen LogP contribution in [0.25, 0.3) is 0 Å². The summed E-state index contributed by atoms with van der Waals surface area (Å²) in [6.07, 6.45) is 0. The van der Waals surface area contributed by atoms with Crippen molar-refractivity contribution in [1.29, 1.82) is 0 Å². The van der Waals surface area contributed by atoms with Crippen LogP contribution in [0.4, 0.5) is 0 Å². The second-order valence-corrected chi connectivity index (χ2v) is 7.36. The van der Waals surface area contributed by atoms with Crippen LogP contribution in [0.5, 0.6) is 0 Å². The van der Waals surface area contributed by atoms with E-state index in [1.165, 1.54) is 4.31 Å². The molecule has 1 rings (SSSR count). The van der Waals surface area contributed by atoms with E-state index < -0.39 is 10.0 Å². The lowest BCUT2D eigenvalue weighted by Gasteiger charge is -2.22. The van der Waals surface area contributed by atoms with Crippen LogP contribution in [0, 0.1) is 6.92 Å². The molecule has 0 amide bonds. The van der Waals surface area contributed by atoms with Crippen molar-refractivity contribution in [2.24, 2.45) is 5.73 Å². The minimum absolute atomic E-state index is 0.298. The van der Waals surface area contributed by atoms with E-state index in [4.69, 9.17) is 10.5 Å². The molecular formula is C14H23BrN2O3S. The van der Waals surface area contributed by atoms with Crippen LogP contribution >= 0.6 is 15.9 Å². The van der Waals surface area contributed by atoms with Crippen molar-refractivity contribution in [3.8, 4) is 0 Å². The predicted molar refractivity (Wildman–Crippen MR) is 87.7 cm³/mol. The Kier molecular flexibility index (Phi) is 7.29. The van der Waals surface area contributed by atoms with Gasteiger partial charge < -0.3 is 10.5 Å². The van der Waals surface area contributed by atoms with Crippen LogP contribution in [0.3, 0.4) is 0 Å². The first kappa shape index (κ1) is 18.6. The number of nitrogens with zero attached hydrogens (tertiary/aromatic N) is 1. The molecule has 0 aliphatic heterocycles. The van der Waals surface area contributed by atoms with Crippen LogP contribution < -0.4 is 5.73 Å². The number of hydrogen-bond donors (Lipinski definition) is 1. The predicted octanol–water partition coefficient (Wildman–Crippen LogP) is 2.26. The van der Waals surface area contributed by atoms with Crippen LogP contribution in [-0.2, 0) is 21.3 Å². The molecule has 120 valence electrons. The molecule has 0 saturated heterocycles. The minimum Gasteiger partial charge on any atom is -0.380 e. The summed E-state index contributed by atoms with van der Waals surface area (Å²) in [7, 11) is -3.55. The Balaban J connectivity index is 3.19. The van der Waals surface area contributed by atoms with Gasteiger partial charge in [0, 0.05) is 30.7 Å². The molecule has 0 saturated carbocycles. The summed E-state index contributed by atoms with van der Waals surface area (Å²) in [5.74, 6) is 0. The monoisotopic (exact) mass is 378 g/mol. The molecule has 0 aliphatic rings. The standard InChI is InChI=1S/C14H23BrN2O3S/c1-4-17(6-7-20-5-2)21(18,19)14-9-12(10-16)8-13(15)11(14)3/h8-9H,4-7,10,16H2,1-3H3. The number of likely N-dealkylation sites (N-methyl/N-ethyl adjacent to an activating group) is 1. The maximum absolute atomic E-state index is 12.8. The Bertz CT molecular complexity index is 576. The third kappa shape index (κ3) is 4.50. The summed E-state index contributed by atoms with van der Waals surface area (Å²) in [6, 6.07) is 3.50. The molecule has 1 aromatic carbocycles. The first-order valence-electron chi connectivity index (χ1n) is 6.95. The van der Waals surface area contributed by atoms with E-state index in [1.54, 1.807) is 13.0 Å². The van der Waals surface area contributed by atoms with Gasteiger partial charge in [0.2, 0.25) is 10.0 Å². The Hall–Kier alpha value is -0.470. The Morgan fingerprint density at radius 3 is 2.52 bits per heavy atom. The third-order valence-electron chi connectivity index (χ3n) is 3.25. The fraction of sp³-hybridized carbons (Fsp3) is 0.571. The molecule has 0 radical (unpaired) electrons. The van der Waals surface area contributed by atoms with Gasteiger partial charge in [-0.05, 0) is 37.1 Å². The van der Waals surface area contributed by atoms with E-state index in [1.807, 2.05) is 19.9 Å². The first-order chi connectivity index (χ1) is 9.88. The number of hydrogen-bond acceptors (Lipinski definition) is 4. The van der Waals surface area contributed by atoms with Crippen LogP contribution in [0.1, 0.15) is 25.0 Å². The van der Waals surface area contributed by atoms with Crippen LogP contribution in [-0.4, -0.2) is 39.0 Å². The van der Waals surface area contributed by atoms with Crippen molar-refractivity contribution in [2.45, 2.75) is 32.2 Å². The highest BCUT2D eigenvalue weighted by Crippen LogP contribution is 2.28. The summed E-state index contributed by atoms with van der Waals surface area (Å²) >= 11 is 3.40. The molecule has 5 nitrogen and oxygen atoms in total. The molecule has 0 aromatic heterocycles. The van der Waals surface area contributed by atoms with Gasteiger partial charge in [-0.2, -0.15) is 4.31 Å². The number of halogens is 1. The Labute approximate surface area is 135 Å². The second-order valence-electron chi connectivity index (χ2n) is 4.60. The fourth-order valence-corrected chi connectivity index (χ4v) is 4.36. The van der Waals surface area contributed by atoms with Gasteiger partial charge in [0.1, 0.15) is 0 Å². The van der Waals surface area contributed by atoms with Gasteiger partial charge in [-0.1, -0.05) is 22.9 Å². The zero-order valence-corrected chi connectivity index (χ0v) is 15.1.